The minimum absolute atomic E-state index is 0.485. The number of likely N-dealkylation sites (tertiary alicyclic amines) is 1. The van der Waals surface area contributed by atoms with Gasteiger partial charge in [0.15, 0.2) is 0 Å². The van der Waals surface area contributed by atoms with Crippen LogP contribution >= 0.6 is 0 Å². The quantitative estimate of drug-likeness (QED) is 0.718. The first-order valence-corrected chi connectivity index (χ1v) is 9.70. The minimum Gasteiger partial charge on any atom is -0.493 e. The summed E-state index contributed by atoms with van der Waals surface area (Å²) < 4.78 is 6.11. The molecule has 0 saturated carbocycles. The largest absolute Gasteiger partial charge is 0.493 e. The molecule has 3 heteroatoms. The van der Waals surface area contributed by atoms with E-state index in [9.17, 15) is 0 Å². The lowest BCUT2D eigenvalue weighted by Crippen LogP contribution is -2.42. The van der Waals surface area contributed by atoms with Gasteiger partial charge in [0, 0.05) is 12.5 Å². The Morgan fingerprint density at radius 1 is 1.12 bits per heavy atom. The van der Waals surface area contributed by atoms with Gasteiger partial charge in [0.1, 0.15) is 5.75 Å². The predicted molar refractivity (Wildman–Crippen MR) is 105 cm³/mol. The van der Waals surface area contributed by atoms with Gasteiger partial charge in [-0.15, -0.1) is 0 Å². The standard InChI is InChI=1S/C23H28N2O/c1-2-3-14-25-15-13-23(20-7-5-4-6-8-20)21(17-25)18-26-22-11-9-19(16-24)10-12-22/h4-12,21,23H,2-3,13-15,17-18H2,1H3. The van der Waals surface area contributed by atoms with Gasteiger partial charge >= 0.3 is 0 Å². The van der Waals surface area contributed by atoms with E-state index >= 15 is 0 Å². The van der Waals surface area contributed by atoms with Crippen LogP contribution in [0.15, 0.2) is 54.6 Å². The van der Waals surface area contributed by atoms with Gasteiger partial charge in [-0.25, -0.2) is 0 Å². The molecule has 136 valence electrons. The van der Waals surface area contributed by atoms with Crippen molar-refractivity contribution in [2.24, 2.45) is 5.92 Å². The van der Waals surface area contributed by atoms with Gasteiger partial charge < -0.3 is 9.64 Å². The molecule has 0 spiro atoms. The number of nitrogens with zero attached hydrogens (tertiary/aromatic N) is 2. The summed E-state index contributed by atoms with van der Waals surface area (Å²) in [6.45, 7) is 6.42. The molecule has 3 rings (SSSR count). The second-order valence-electron chi connectivity index (χ2n) is 7.17. The van der Waals surface area contributed by atoms with Crippen LogP contribution in [0.2, 0.25) is 0 Å². The second-order valence-corrected chi connectivity index (χ2v) is 7.17. The Kier molecular flexibility index (Phi) is 6.68. The van der Waals surface area contributed by atoms with E-state index in [1.165, 1.54) is 37.9 Å². The summed E-state index contributed by atoms with van der Waals surface area (Å²) >= 11 is 0. The van der Waals surface area contributed by atoms with Crippen molar-refractivity contribution >= 4 is 0 Å². The molecule has 3 nitrogen and oxygen atoms in total. The van der Waals surface area contributed by atoms with Crippen LogP contribution in [0.1, 0.15) is 43.2 Å². The Hall–Kier alpha value is -2.31. The van der Waals surface area contributed by atoms with Crippen LogP contribution in [0.4, 0.5) is 0 Å². The third kappa shape index (κ3) is 4.86. The lowest BCUT2D eigenvalue weighted by Gasteiger charge is -2.38. The second kappa shape index (κ2) is 9.40. The fourth-order valence-electron chi connectivity index (χ4n) is 3.83. The lowest BCUT2D eigenvalue weighted by molar-refractivity contribution is 0.110. The van der Waals surface area contributed by atoms with Crippen molar-refractivity contribution in [1.29, 1.82) is 5.26 Å². The zero-order chi connectivity index (χ0) is 18.2. The van der Waals surface area contributed by atoms with Crippen molar-refractivity contribution < 1.29 is 4.74 Å². The molecule has 1 heterocycles. The Morgan fingerprint density at radius 2 is 1.88 bits per heavy atom. The van der Waals surface area contributed by atoms with Crippen molar-refractivity contribution in [1.82, 2.24) is 4.90 Å². The summed E-state index contributed by atoms with van der Waals surface area (Å²) in [6.07, 6.45) is 3.69. The molecule has 0 N–H and O–H groups in total. The SMILES string of the molecule is CCCCN1CCC(c2ccccc2)C(COc2ccc(C#N)cc2)C1. The van der Waals surface area contributed by atoms with Gasteiger partial charge in [0.05, 0.1) is 18.2 Å². The molecule has 1 fully saturated rings. The zero-order valence-electron chi connectivity index (χ0n) is 15.6. The fourth-order valence-corrected chi connectivity index (χ4v) is 3.83. The molecule has 0 amide bonds. The van der Waals surface area contributed by atoms with E-state index in [4.69, 9.17) is 10.00 Å². The third-order valence-electron chi connectivity index (χ3n) is 5.32. The van der Waals surface area contributed by atoms with Gasteiger partial charge in [-0.2, -0.15) is 5.26 Å². The zero-order valence-corrected chi connectivity index (χ0v) is 15.6. The van der Waals surface area contributed by atoms with E-state index in [-0.39, 0.29) is 0 Å². The number of piperidine rings is 1. The molecule has 1 aliphatic rings. The highest BCUT2D eigenvalue weighted by atomic mass is 16.5. The summed E-state index contributed by atoms with van der Waals surface area (Å²) in [6, 6.07) is 20.4. The topological polar surface area (TPSA) is 36.3 Å². The molecule has 0 aromatic heterocycles. The molecule has 0 aliphatic carbocycles. The number of benzene rings is 2. The summed E-state index contributed by atoms with van der Waals surface area (Å²) in [4.78, 5) is 2.59. The van der Waals surface area contributed by atoms with Crippen molar-refractivity contribution in [2.75, 3.05) is 26.2 Å². The van der Waals surface area contributed by atoms with Gasteiger partial charge in [-0.05, 0) is 61.7 Å². The van der Waals surface area contributed by atoms with Crippen LogP contribution in [0.5, 0.6) is 5.75 Å². The molecule has 1 aliphatic heterocycles. The number of unbranched alkanes of at least 4 members (excludes halogenated alkanes) is 1. The Morgan fingerprint density at radius 3 is 2.58 bits per heavy atom. The normalized spacial score (nSPS) is 20.5. The summed E-state index contributed by atoms with van der Waals surface area (Å²) in [7, 11) is 0. The molecule has 0 radical (unpaired) electrons. The van der Waals surface area contributed by atoms with Crippen LogP contribution in [0.3, 0.4) is 0 Å². The van der Waals surface area contributed by atoms with Gasteiger partial charge in [-0.3, -0.25) is 0 Å². The number of rotatable bonds is 7. The smallest absolute Gasteiger partial charge is 0.119 e. The monoisotopic (exact) mass is 348 g/mol. The number of nitriles is 1. The first kappa shape index (κ1) is 18.5. The minimum atomic E-state index is 0.485. The molecule has 2 atom stereocenters. The summed E-state index contributed by atoms with van der Waals surface area (Å²) in [5, 5.41) is 8.93. The molecule has 2 unspecified atom stereocenters. The van der Waals surface area contributed by atoms with E-state index in [1.54, 1.807) is 0 Å². The molecule has 0 bridgehead atoms. The maximum atomic E-state index is 8.93. The molecule has 26 heavy (non-hydrogen) atoms. The van der Waals surface area contributed by atoms with Crippen molar-refractivity contribution in [3.63, 3.8) is 0 Å². The van der Waals surface area contributed by atoms with Crippen LogP contribution in [0, 0.1) is 17.2 Å². The highest BCUT2D eigenvalue weighted by Gasteiger charge is 2.30. The summed E-state index contributed by atoms with van der Waals surface area (Å²) in [5.41, 5.74) is 2.10. The Labute approximate surface area is 157 Å². The molecule has 2 aromatic rings. The highest BCUT2D eigenvalue weighted by molar-refractivity contribution is 5.34. The Bertz CT molecular complexity index is 705. The molecule has 1 saturated heterocycles. The van der Waals surface area contributed by atoms with Crippen LogP contribution in [-0.4, -0.2) is 31.1 Å². The van der Waals surface area contributed by atoms with Gasteiger partial charge in [-0.1, -0.05) is 43.7 Å². The number of ether oxygens (including phenoxy) is 1. The van der Waals surface area contributed by atoms with Crippen LogP contribution < -0.4 is 4.74 Å². The average Bonchev–Trinajstić information content (AvgIpc) is 2.71. The van der Waals surface area contributed by atoms with E-state index in [2.05, 4.69) is 48.2 Å². The van der Waals surface area contributed by atoms with Gasteiger partial charge in [0.2, 0.25) is 0 Å². The maximum Gasteiger partial charge on any atom is 0.119 e. The first-order valence-electron chi connectivity index (χ1n) is 9.70. The van der Waals surface area contributed by atoms with Crippen molar-refractivity contribution in [3.8, 4) is 11.8 Å². The van der Waals surface area contributed by atoms with Crippen LogP contribution in [-0.2, 0) is 0 Å². The summed E-state index contributed by atoms with van der Waals surface area (Å²) in [5.74, 6) is 1.88. The van der Waals surface area contributed by atoms with Crippen LogP contribution in [0.25, 0.3) is 0 Å². The highest BCUT2D eigenvalue weighted by Crippen LogP contribution is 2.33. The van der Waals surface area contributed by atoms with E-state index in [1.807, 2.05) is 24.3 Å². The number of hydrogen-bond donors (Lipinski definition) is 0. The van der Waals surface area contributed by atoms with Crippen molar-refractivity contribution in [2.45, 2.75) is 32.1 Å². The molecular formula is C23H28N2O. The molecular weight excluding hydrogens is 320 g/mol. The van der Waals surface area contributed by atoms with Gasteiger partial charge in [0.25, 0.3) is 0 Å². The predicted octanol–water partition coefficient (Wildman–Crippen LogP) is 4.84. The van der Waals surface area contributed by atoms with E-state index in [0.717, 1.165) is 12.3 Å². The van der Waals surface area contributed by atoms with Crippen molar-refractivity contribution in [3.05, 3.63) is 65.7 Å². The fraction of sp³-hybridized carbons (Fsp3) is 0.435. The average molecular weight is 348 g/mol. The maximum absolute atomic E-state index is 8.93. The van der Waals surface area contributed by atoms with E-state index < -0.39 is 0 Å². The Balaban J connectivity index is 1.67. The number of hydrogen-bond acceptors (Lipinski definition) is 3. The van der Waals surface area contributed by atoms with E-state index in [0.29, 0.717) is 24.0 Å². The molecule has 2 aromatic carbocycles. The first-order chi connectivity index (χ1) is 12.8. The third-order valence-corrected chi connectivity index (χ3v) is 5.32. The lowest BCUT2D eigenvalue weighted by atomic mass is 9.81.